The molecule has 65 heavy (non-hydrogen) atoms. The maximum absolute atomic E-state index is 12.7. The minimum absolute atomic E-state index is 0.0873. The van der Waals surface area contributed by atoms with Crippen LogP contribution in [0.1, 0.15) is 200 Å². The van der Waals surface area contributed by atoms with Crippen LogP contribution in [0.2, 0.25) is 0 Å². The summed E-state index contributed by atoms with van der Waals surface area (Å²) in [6.07, 6.45) is 53.0. The number of nitrogens with two attached hydrogens (primary N) is 1. The van der Waals surface area contributed by atoms with Crippen molar-refractivity contribution in [1.82, 2.24) is 0 Å². The Morgan fingerprint density at radius 1 is 0.554 bits per heavy atom. The summed E-state index contributed by atoms with van der Waals surface area (Å²) in [5.41, 5.74) is 5.34. The highest BCUT2D eigenvalue weighted by atomic mass is 31.2. The Labute approximate surface area is 393 Å². The third-order valence-corrected chi connectivity index (χ3v) is 11.5. The first-order valence-electron chi connectivity index (χ1n) is 25.1. The van der Waals surface area contributed by atoms with E-state index in [2.05, 4.69) is 67.0 Å². The molecular weight excluding hydrogens is 846 g/mol. The SMILES string of the molecule is CC/C=C\C/C=C\C/C=C\C/C=C\C/C=C\C=C/C(O)CCC(=O)OC[C@H](COP(=O)(O)OC[C@H](N)C(=O)O)OC(=O)CCCCCCCCCCCCCCCCCCCCCCC. The van der Waals surface area contributed by atoms with E-state index in [0.717, 1.165) is 51.4 Å². The van der Waals surface area contributed by atoms with Gasteiger partial charge in [-0.1, -0.05) is 215 Å². The van der Waals surface area contributed by atoms with E-state index in [1.807, 2.05) is 12.2 Å². The van der Waals surface area contributed by atoms with E-state index in [9.17, 15) is 28.9 Å². The van der Waals surface area contributed by atoms with Crippen molar-refractivity contribution in [3.63, 3.8) is 0 Å². The number of phosphoric ester groups is 1. The van der Waals surface area contributed by atoms with Crippen LogP contribution in [0.5, 0.6) is 0 Å². The van der Waals surface area contributed by atoms with Gasteiger partial charge >= 0.3 is 25.7 Å². The molecule has 13 heteroatoms. The number of carboxylic acid groups (broad SMARTS) is 1. The van der Waals surface area contributed by atoms with Crippen LogP contribution in [-0.2, 0) is 37.5 Å². The van der Waals surface area contributed by atoms with E-state index in [1.165, 1.54) is 109 Å². The highest BCUT2D eigenvalue weighted by Gasteiger charge is 2.28. The normalized spacial score (nSPS) is 14.7. The van der Waals surface area contributed by atoms with Crippen LogP contribution >= 0.6 is 7.82 Å². The molecule has 0 aliphatic rings. The van der Waals surface area contributed by atoms with Gasteiger partial charge in [0.25, 0.3) is 0 Å². The van der Waals surface area contributed by atoms with Crippen molar-refractivity contribution < 1.29 is 52.6 Å². The molecular formula is C52H90NO11P. The van der Waals surface area contributed by atoms with Crippen LogP contribution in [-0.4, -0.2) is 71.1 Å². The molecule has 0 fully saturated rings. The van der Waals surface area contributed by atoms with E-state index in [1.54, 1.807) is 12.2 Å². The fourth-order valence-corrected chi connectivity index (χ4v) is 7.42. The van der Waals surface area contributed by atoms with Crippen LogP contribution in [0, 0.1) is 0 Å². The molecule has 0 radical (unpaired) electrons. The Morgan fingerprint density at radius 2 is 0.985 bits per heavy atom. The predicted molar refractivity (Wildman–Crippen MR) is 264 cm³/mol. The third-order valence-electron chi connectivity index (χ3n) is 10.6. The maximum atomic E-state index is 12.7. The van der Waals surface area contributed by atoms with Crippen molar-refractivity contribution in [1.29, 1.82) is 0 Å². The Balaban J connectivity index is 4.45. The molecule has 0 saturated carbocycles. The van der Waals surface area contributed by atoms with E-state index >= 15 is 0 Å². The first kappa shape index (κ1) is 61.9. The number of carbonyl (C=O) groups is 3. The van der Waals surface area contributed by atoms with E-state index in [-0.39, 0.29) is 19.3 Å². The zero-order chi connectivity index (χ0) is 47.9. The molecule has 0 bridgehead atoms. The van der Waals surface area contributed by atoms with Gasteiger partial charge in [0, 0.05) is 12.8 Å². The molecule has 12 nitrogen and oxygen atoms in total. The molecule has 0 spiro atoms. The second-order valence-electron chi connectivity index (χ2n) is 16.8. The lowest BCUT2D eigenvalue weighted by Gasteiger charge is -2.20. The minimum Gasteiger partial charge on any atom is -0.480 e. The summed E-state index contributed by atoms with van der Waals surface area (Å²) in [6.45, 7) is 2.47. The van der Waals surface area contributed by atoms with Gasteiger partial charge in [-0.25, -0.2) is 4.57 Å². The summed E-state index contributed by atoms with van der Waals surface area (Å²) in [4.78, 5) is 46.2. The topological polar surface area (TPSA) is 192 Å². The number of rotatable bonds is 46. The second-order valence-corrected chi connectivity index (χ2v) is 18.2. The Morgan fingerprint density at radius 3 is 1.45 bits per heavy atom. The summed E-state index contributed by atoms with van der Waals surface area (Å²) in [5, 5.41) is 19.2. The Bertz CT molecular complexity index is 1390. The largest absolute Gasteiger partial charge is 0.480 e. The molecule has 0 amide bonds. The average molecular weight is 936 g/mol. The quantitative estimate of drug-likeness (QED) is 0.0149. The lowest BCUT2D eigenvalue weighted by molar-refractivity contribution is -0.161. The molecule has 0 rings (SSSR count). The smallest absolute Gasteiger partial charge is 0.472 e. The minimum atomic E-state index is -4.78. The molecule has 2 unspecified atom stereocenters. The summed E-state index contributed by atoms with van der Waals surface area (Å²) >= 11 is 0. The number of hydrogen-bond acceptors (Lipinski definition) is 10. The molecule has 0 aromatic carbocycles. The number of aliphatic carboxylic acids is 1. The second kappa shape index (κ2) is 46.0. The molecule has 0 saturated heterocycles. The Hall–Kier alpha value is -3.12. The maximum Gasteiger partial charge on any atom is 0.472 e. The van der Waals surface area contributed by atoms with Crippen molar-refractivity contribution in [2.24, 2.45) is 5.73 Å². The van der Waals surface area contributed by atoms with Gasteiger partial charge in [0.2, 0.25) is 0 Å². The number of allylic oxidation sites excluding steroid dienone is 11. The van der Waals surface area contributed by atoms with Crippen molar-refractivity contribution in [3.8, 4) is 0 Å². The molecule has 5 N–H and O–H groups in total. The van der Waals surface area contributed by atoms with Crippen LogP contribution < -0.4 is 5.73 Å². The number of aliphatic hydroxyl groups excluding tert-OH is 1. The van der Waals surface area contributed by atoms with Gasteiger partial charge in [-0.3, -0.25) is 23.4 Å². The Kier molecular flexibility index (Phi) is 43.8. The molecule has 0 aliphatic heterocycles. The van der Waals surface area contributed by atoms with Crippen LogP contribution in [0.15, 0.2) is 72.9 Å². The summed E-state index contributed by atoms with van der Waals surface area (Å²) in [7, 11) is -4.78. The number of ether oxygens (including phenoxy) is 2. The number of phosphoric acid groups is 1. The number of hydrogen-bond donors (Lipinski definition) is 4. The zero-order valence-electron chi connectivity index (χ0n) is 40.4. The van der Waals surface area contributed by atoms with Gasteiger partial charge in [-0.15, -0.1) is 0 Å². The van der Waals surface area contributed by atoms with Crippen molar-refractivity contribution in [2.75, 3.05) is 19.8 Å². The van der Waals surface area contributed by atoms with Gasteiger partial charge in [0.1, 0.15) is 12.6 Å². The highest BCUT2D eigenvalue weighted by molar-refractivity contribution is 7.47. The van der Waals surface area contributed by atoms with Crippen molar-refractivity contribution >= 4 is 25.7 Å². The number of esters is 2. The molecule has 4 atom stereocenters. The van der Waals surface area contributed by atoms with Gasteiger partial charge in [0.15, 0.2) is 6.10 Å². The summed E-state index contributed by atoms with van der Waals surface area (Å²) in [6, 6.07) is -1.56. The van der Waals surface area contributed by atoms with E-state index in [4.69, 9.17) is 24.8 Å². The number of carbonyl (C=O) groups excluding carboxylic acids is 2. The molecule has 0 aromatic heterocycles. The van der Waals surface area contributed by atoms with Gasteiger partial charge in [-0.2, -0.15) is 0 Å². The van der Waals surface area contributed by atoms with E-state index < -0.39 is 63.8 Å². The first-order valence-corrected chi connectivity index (χ1v) is 26.6. The predicted octanol–water partition coefficient (Wildman–Crippen LogP) is 13.0. The van der Waals surface area contributed by atoms with Gasteiger partial charge < -0.3 is 30.3 Å². The monoisotopic (exact) mass is 936 g/mol. The molecule has 0 heterocycles. The van der Waals surface area contributed by atoms with Crippen LogP contribution in [0.25, 0.3) is 0 Å². The standard InChI is InChI=1S/C52H90NO11P/c1-3-5-7-9-11-13-15-17-19-21-22-23-24-25-27-29-31-33-35-37-39-41-51(56)64-48(45-62-65(59,60)63-46-49(53)52(57)58)44-61-50(55)43-42-47(54)40-38-36-34-32-30-28-26-20-18-16-14-12-10-8-6-4-2/h6,8,12,14,18,20,28,30,34,36,38,40,47-49,54H,3-5,7,9-11,13,15-17,19,21-27,29,31-33,35,37,39,41-46,53H2,1-2H3,(H,57,58)(H,59,60)/b8-6-,14-12-,20-18-,30-28-,36-34-,40-38-/t47?,48-,49+/m1/s1. The molecule has 0 aromatic rings. The lowest BCUT2D eigenvalue weighted by Crippen LogP contribution is -2.34. The fourth-order valence-electron chi connectivity index (χ4n) is 6.65. The van der Waals surface area contributed by atoms with Gasteiger partial charge in [-0.05, 0) is 44.9 Å². The van der Waals surface area contributed by atoms with Crippen molar-refractivity contribution in [3.05, 3.63) is 72.9 Å². The lowest BCUT2D eigenvalue weighted by atomic mass is 10.0. The first-order chi connectivity index (χ1) is 31.5. The van der Waals surface area contributed by atoms with Gasteiger partial charge in [0.05, 0.1) is 19.3 Å². The van der Waals surface area contributed by atoms with E-state index in [0.29, 0.717) is 6.42 Å². The molecule has 374 valence electrons. The fraction of sp³-hybridized carbons (Fsp3) is 0.712. The zero-order valence-corrected chi connectivity index (χ0v) is 41.3. The van der Waals surface area contributed by atoms with Crippen LogP contribution in [0.4, 0.5) is 0 Å². The molecule has 0 aliphatic carbocycles. The number of unbranched alkanes of at least 4 members (excludes halogenated alkanes) is 20. The van der Waals surface area contributed by atoms with Crippen molar-refractivity contribution in [2.45, 2.75) is 218 Å². The summed E-state index contributed by atoms with van der Waals surface area (Å²) < 4.78 is 32.6. The average Bonchev–Trinajstić information content (AvgIpc) is 3.28. The number of aliphatic hydroxyl groups is 1. The highest BCUT2D eigenvalue weighted by Crippen LogP contribution is 2.43. The summed E-state index contributed by atoms with van der Waals surface area (Å²) in [5.74, 6) is -2.68. The van der Waals surface area contributed by atoms with Crippen LogP contribution in [0.3, 0.4) is 0 Å². The number of carboxylic acids is 1. The third kappa shape index (κ3) is 45.8.